The van der Waals surface area contributed by atoms with Gasteiger partial charge in [-0.05, 0) is 35.4 Å². The van der Waals surface area contributed by atoms with Gasteiger partial charge in [0, 0.05) is 5.69 Å². The van der Waals surface area contributed by atoms with Crippen molar-refractivity contribution in [3.63, 3.8) is 0 Å². The minimum atomic E-state index is -1.33. The van der Waals surface area contributed by atoms with E-state index in [4.69, 9.17) is 5.73 Å². The number of nitrogens with two attached hydrogens (primary N) is 1. The third-order valence-electron chi connectivity index (χ3n) is 1.92. The number of nitrogen functional groups attached to an aromatic ring is 1. The van der Waals surface area contributed by atoms with Gasteiger partial charge in [0.25, 0.3) is 0 Å². The Morgan fingerprint density at radius 1 is 1.06 bits per heavy atom. The third-order valence-corrected chi connectivity index (χ3v) is 1.92. The summed E-state index contributed by atoms with van der Waals surface area (Å²) < 4.78 is 0. The van der Waals surface area contributed by atoms with Crippen LogP contribution in [0.4, 0.5) is 5.69 Å². The molecule has 0 aliphatic carbocycles. The summed E-state index contributed by atoms with van der Waals surface area (Å²) in [5.74, 6) is -2.64. The Labute approximate surface area is 97.5 Å². The van der Waals surface area contributed by atoms with E-state index >= 15 is 0 Å². The summed E-state index contributed by atoms with van der Waals surface area (Å²) in [6.45, 7) is 0. The van der Waals surface area contributed by atoms with Crippen molar-refractivity contribution in [1.29, 1.82) is 0 Å². The van der Waals surface area contributed by atoms with Crippen LogP contribution in [0.3, 0.4) is 0 Å². The van der Waals surface area contributed by atoms with Gasteiger partial charge >= 0.3 is 0 Å². The Balaban J connectivity index is 3.02. The molecule has 0 atom stereocenters. The Morgan fingerprint density at radius 2 is 1.65 bits per heavy atom. The molecule has 0 aliphatic rings. The quantitative estimate of drug-likeness (QED) is 0.517. The molecule has 0 saturated heterocycles. The van der Waals surface area contributed by atoms with Crippen LogP contribution in [-0.4, -0.2) is 11.9 Å². The first-order chi connectivity index (χ1) is 7.99. The Bertz CT molecular complexity index is 503. The fourth-order valence-electron chi connectivity index (χ4n) is 1.16. The van der Waals surface area contributed by atoms with Gasteiger partial charge in [-0.25, -0.2) is 0 Å². The number of carboxylic acids is 2. The molecule has 17 heavy (non-hydrogen) atoms. The zero-order chi connectivity index (χ0) is 12.8. The van der Waals surface area contributed by atoms with Crippen LogP contribution < -0.4 is 15.9 Å². The van der Waals surface area contributed by atoms with Gasteiger partial charge in [-0.2, -0.15) is 0 Å². The van der Waals surface area contributed by atoms with Gasteiger partial charge in [-0.1, -0.05) is 18.2 Å². The summed E-state index contributed by atoms with van der Waals surface area (Å²) in [4.78, 5) is 20.5. The van der Waals surface area contributed by atoms with Crippen LogP contribution in [0.25, 0.3) is 12.2 Å². The van der Waals surface area contributed by atoms with Gasteiger partial charge in [0.2, 0.25) is 0 Å². The van der Waals surface area contributed by atoms with E-state index in [-0.39, 0.29) is 0 Å². The van der Waals surface area contributed by atoms with Gasteiger partial charge in [0.1, 0.15) is 0 Å². The van der Waals surface area contributed by atoms with Gasteiger partial charge in [0.05, 0.1) is 11.9 Å². The van der Waals surface area contributed by atoms with E-state index in [1.54, 1.807) is 18.2 Å². The molecule has 5 nitrogen and oxygen atoms in total. The summed E-state index contributed by atoms with van der Waals surface area (Å²) in [6, 6.07) is 4.70. The topological polar surface area (TPSA) is 106 Å². The Hall–Kier alpha value is -2.56. The maximum atomic E-state index is 10.2. The molecule has 0 bridgehead atoms. The average Bonchev–Trinajstić information content (AvgIpc) is 2.26. The summed E-state index contributed by atoms with van der Waals surface area (Å²) in [6.07, 6.45) is 4.32. The van der Waals surface area contributed by atoms with Crippen molar-refractivity contribution < 1.29 is 19.8 Å². The number of rotatable bonds is 4. The van der Waals surface area contributed by atoms with Crippen molar-refractivity contribution in [1.82, 2.24) is 0 Å². The SMILES string of the molecule is Nc1ccc(/C=C/C(=O)[O-])cc1/C=C/C(=O)[O-]. The first-order valence-electron chi connectivity index (χ1n) is 4.66. The van der Waals surface area contributed by atoms with Crippen LogP contribution in [0.1, 0.15) is 11.1 Å². The number of carbonyl (C=O) groups is 2. The van der Waals surface area contributed by atoms with E-state index in [2.05, 4.69) is 0 Å². The van der Waals surface area contributed by atoms with E-state index in [1.165, 1.54) is 12.2 Å². The molecule has 1 rings (SSSR count). The summed E-state index contributed by atoms with van der Waals surface area (Å²) in [5, 5.41) is 20.5. The molecule has 0 spiro atoms. The van der Waals surface area contributed by atoms with Crippen molar-refractivity contribution in [3.8, 4) is 0 Å². The van der Waals surface area contributed by atoms with Gasteiger partial charge < -0.3 is 25.5 Å². The van der Waals surface area contributed by atoms with Crippen LogP contribution in [0, 0.1) is 0 Å². The van der Waals surface area contributed by atoms with Crippen LogP contribution in [0.5, 0.6) is 0 Å². The minimum absolute atomic E-state index is 0.383. The van der Waals surface area contributed by atoms with Crippen LogP contribution in [0.15, 0.2) is 30.4 Å². The smallest absolute Gasteiger partial charge is 0.0643 e. The minimum Gasteiger partial charge on any atom is -0.545 e. The lowest BCUT2D eigenvalue weighted by molar-refractivity contribution is -0.298. The number of hydrogen-bond acceptors (Lipinski definition) is 5. The summed E-state index contributed by atoms with van der Waals surface area (Å²) in [7, 11) is 0. The zero-order valence-electron chi connectivity index (χ0n) is 8.75. The predicted molar refractivity (Wildman–Crippen MR) is 58.9 cm³/mol. The zero-order valence-corrected chi connectivity index (χ0v) is 8.75. The highest BCUT2D eigenvalue weighted by molar-refractivity contribution is 5.86. The van der Waals surface area contributed by atoms with Gasteiger partial charge in [-0.3, -0.25) is 0 Å². The van der Waals surface area contributed by atoms with Crippen LogP contribution in [-0.2, 0) is 9.59 Å². The van der Waals surface area contributed by atoms with Crippen molar-refractivity contribution in [2.75, 3.05) is 5.73 Å². The molecule has 88 valence electrons. The van der Waals surface area contributed by atoms with Crippen molar-refractivity contribution in [3.05, 3.63) is 41.5 Å². The van der Waals surface area contributed by atoms with Crippen molar-refractivity contribution in [2.45, 2.75) is 0 Å². The Morgan fingerprint density at radius 3 is 2.24 bits per heavy atom. The standard InChI is InChI=1S/C12H11NO4/c13-10-4-1-8(2-5-11(14)15)7-9(10)3-6-12(16)17/h1-7H,13H2,(H,14,15)(H,16,17)/p-2/b5-2+,6-3+. The largest absolute Gasteiger partial charge is 0.545 e. The third kappa shape index (κ3) is 4.21. The summed E-state index contributed by atoms with van der Waals surface area (Å²) in [5.41, 5.74) is 7.03. The lowest BCUT2D eigenvalue weighted by atomic mass is 10.1. The predicted octanol–water partition coefficient (Wildman–Crippen LogP) is -1.21. The monoisotopic (exact) mass is 231 g/mol. The number of benzene rings is 1. The average molecular weight is 231 g/mol. The first-order valence-corrected chi connectivity index (χ1v) is 4.66. The molecule has 0 aliphatic heterocycles. The number of carbonyl (C=O) groups excluding carboxylic acids is 2. The molecule has 0 heterocycles. The van der Waals surface area contributed by atoms with E-state index in [9.17, 15) is 19.8 Å². The fraction of sp³-hybridized carbons (Fsp3) is 0. The molecule has 0 fully saturated rings. The van der Waals surface area contributed by atoms with E-state index in [0.717, 1.165) is 12.2 Å². The highest BCUT2D eigenvalue weighted by atomic mass is 16.4. The molecule has 0 amide bonds. The molecule has 5 heteroatoms. The second-order valence-corrected chi connectivity index (χ2v) is 3.19. The fourth-order valence-corrected chi connectivity index (χ4v) is 1.16. The van der Waals surface area contributed by atoms with Crippen molar-refractivity contribution >= 4 is 29.8 Å². The number of carboxylic acid groups (broad SMARTS) is 2. The second-order valence-electron chi connectivity index (χ2n) is 3.19. The Kier molecular flexibility index (Phi) is 4.05. The first kappa shape index (κ1) is 12.5. The van der Waals surface area contributed by atoms with Gasteiger partial charge in [-0.15, -0.1) is 0 Å². The molecule has 0 saturated carbocycles. The molecular weight excluding hydrogens is 222 g/mol. The summed E-state index contributed by atoms with van der Waals surface area (Å²) >= 11 is 0. The van der Waals surface area contributed by atoms with E-state index in [1.807, 2.05) is 0 Å². The lowest BCUT2D eigenvalue weighted by Crippen LogP contribution is -2.18. The maximum absolute atomic E-state index is 10.2. The molecule has 2 N–H and O–H groups in total. The molecule has 0 radical (unpaired) electrons. The number of hydrogen-bond donors (Lipinski definition) is 1. The van der Waals surface area contributed by atoms with Crippen molar-refractivity contribution in [2.24, 2.45) is 0 Å². The van der Waals surface area contributed by atoms with Crippen LogP contribution in [0.2, 0.25) is 0 Å². The second kappa shape index (κ2) is 5.50. The van der Waals surface area contributed by atoms with E-state index < -0.39 is 11.9 Å². The maximum Gasteiger partial charge on any atom is 0.0643 e. The molecule has 1 aromatic carbocycles. The normalized spacial score (nSPS) is 11.1. The molecule has 0 aromatic heterocycles. The van der Waals surface area contributed by atoms with Gasteiger partial charge in [0.15, 0.2) is 0 Å². The molecule has 0 unspecified atom stereocenters. The highest BCUT2D eigenvalue weighted by Crippen LogP contribution is 2.16. The lowest BCUT2D eigenvalue weighted by Gasteiger charge is -2.02. The molecule has 1 aromatic rings. The van der Waals surface area contributed by atoms with E-state index in [0.29, 0.717) is 16.8 Å². The van der Waals surface area contributed by atoms with Crippen LogP contribution >= 0.6 is 0 Å². The number of anilines is 1. The highest BCUT2D eigenvalue weighted by Gasteiger charge is 1.96. The number of aliphatic carboxylic acids is 2. The molecular formula is C12H9NO4-2.